The van der Waals surface area contributed by atoms with Gasteiger partial charge < -0.3 is 10.2 Å². The highest BCUT2D eigenvalue weighted by Crippen LogP contribution is 2.24. The summed E-state index contributed by atoms with van der Waals surface area (Å²) in [5.74, 6) is 1.50. The standard InChI is InChI=1S/C19H26ClN5O2S.ClH/c1-13-12-21-19(23-18(13)25(2)3)22-15-6-8-16(9-7-15)24-28(26,27)17-10-4-14(20)5-11-17;/h4-5,10-12,15-16,24H,6-9H2,1-3H3,(H,21,22,23);1H/t15-,16+;. The van der Waals surface area contributed by atoms with E-state index in [1.54, 1.807) is 12.1 Å². The molecule has 1 heterocycles. The molecule has 0 aliphatic heterocycles. The van der Waals surface area contributed by atoms with Crippen molar-refractivity contribution in [3.05, 3.63) is 41.0 Å². The Morgan fingerprint density at radius 3 is 2.24 bits per heavy atom. The number of aromatic nitrogens is 2. The van der Waals surface area contributed by atoms with Gasteiger partial charge >= 0.3 is 0 Å². The number of nitrogens with one attached hydrogen (secondary N) is 2. The van der Waals surface area contributed by atoms with Gasteiger partial charge in [0.1, 0.15) is 5.82 Å². The lowest BCUT2D eigenvalue weighted by Crippen LogP contribution is -2.40. The van der Waals surface area contributed by atoms with Crippen molar-refractivity contribution < 1.29 is 8.42 Å². The van der Waals surface area contributed by atoms with Crippen LogP contribution in [-0.4, -0.2) is 44.6 Å². The molecule has 10 heteroatoms. The molecule has 1 aromatic heterocycles. The number of benzene rings is 1. The molecule has 7 nitrogen and oxygen atoms in total. The Balaban J connectivity index is 0.00000300. The number of nitrogens with zero attached hydrogens (tertiary/aromatic N) is 3. The SMILES string of the molecule is Cc1cnc(N[C@H]2CC[C@@H](NS(=O)(=O)c3ccc(Cl)cc3)CC2)nc1N(C)C.Cl. The highest BCUT2D eigenvalue weighted by molar-refractivity contribution is 7.89. The summed E-state index contributed by atoms with van der Waals surface area (Å²) < 4.78 is 27.9. The molecule has 2 aromatic rings. The second kappa shape index (κ2) is 9.93. The van der Waals surface area contributed by atoms with Gasteiger partial charge in [0.15, 0.2) is 0 Å². The molecule has 0 bridgehead atoms. The first kappa shape index (κ1) is 23.7. The van der Waals surface area contributed by atoms with Crippen LogP contribution >= 0.6 is 24.0 Å². The number of halogens is 2. The highest BCUT2D eigenvalue weighted by Gasteiger charge is 2.26. The molecule has 1 saturated carbocycles. The zero-order valence-corrected chi connectivity index (χ0v) is 19.1. The van der Waals surface area contributed by atoms with Gasteiger partial charge in [-0.2, -0.15) is 4.98 Å². The van der Waals surface area contributed by atoms with Gasteiger partial charge in [0.05, 0.1) is 4.90 Å². The van der Waals surface area contributed by atoms with Crippen molar-refractivity contribution in [2.45, 2.75) is 49.6 Å². The third-order valence-electron chi connectivity index (χ3n) is 4.87. The second-order valence-corrected chi connectivity index (χ2v) is 9.51. The molecule has 0 unspecified atom stereocenters. The lowest BCUT2D eigenvalue weighted by Gasteiger charge is -2.29. The van der Waals surface area contributed by atoms with E-state index in [0.29, 0.717) is 11.0 Å². The van der Waals surface area contributed by atoms with Crippen molar-refractivity contribution in [2.24, 2.45) is 0 Å². The largest absolute Gasteiger partial charge is 0.362 e. The Morgan fingerprint density at radius 1 is 1.07 bits per heavy atom. The van der Waals surface area contributed by atoms with Gasteiger partial charge in [-0.1, -0.05) is 11.6 Å². The number of hydrogen-bond donors (Lipinski definition) is 2. The van der Waals surface area contributed by atoms with E-state index in [4.69, 9.17) is 11.6 Å². The average Bonchev–Trinajstić information content (AvgIpc) is 2.65. The van der Waals surface area contributed by atoms with Gasteiger partial charge in [-0.25, -0.2) is 18.1 Å². The van der Waals surface area contributed by atoms with Crippen LogP contribution in [0.4, 0.5) is 11.8 Å². The Labute approximate surface area is 183 Å². The van der Waals surface area contributed by atoms with Crippen molar-refractivity contribution in [2.75, 3.05) is 24.3 Å². The monoisotopic (exact) mass is 459 g/mol. The van der Waals surface area contributed by atoms with Gasteiger partial charge in [-0.15, -0.1) is 12.4 Å². The minimum atomic E-state index is -3.53. The van der Waals surface area contributed by atoms with Crippen molar-refractivity contribution in [3.8, 4) is 0 Å². The van der Waals surface area contributed by atoms with Crippen molar-refractivity contribution in [1.29, 1.82) is 0 Å². The number of anilines is 2. The smallest absolute Gasteiger partial charge is 0.240 e. The first-order chi connectivity index (χ1) is 13.2. The summed E-state index contributed by atoms with van der Waals surface area (Å²) in [4.78, 5) is 11.1. The van der Waals surface area contributed by atoms with E-state index in [0.717, 1.165) is 37.1 Å². The summed E-state index contributed by atoms with van der Waals surface area (Å²) in [6.07, 6.45) is 5.04. The van der Waals surface area contributed by atoms with Crippen LogP contribution in [0.3, 0.4) is 0 Å². The maximum absolute atomic E-state index is 12.5. The average molecular weight is 460 g/mol. The Morgan fingerprint density at radius 2 is 1.66 bits per heavy atom. The van der Waals surface area contributed by atoms with Crippen LogP contribution in [0.1, 0.15) is 31.2 Å². The number of aryl methyl sites for hydroxylation is 1. The topological polar surface area (TPSA) is 87.2 Å². The predicted octanol–water partition coefficient (Wildman–Crippen LogP) is 3.63. The maximum Gasteiger partial charge on any atom is 0.240 e. The Kier molecular flexibility index (Phi) is 8.10. The first-order valence-electron chi connectivity index (χ1n) is 9.30. The van der Waals surface area contributed by atoms with Gasteiger partial charge in [-0.05, 0) is 56.9 Å². The summed E-state index contributed by atoms with van der Waals surface area (Å²) in [6, 6.07) is 6.37. The fraction of sp³-hybridized carbons (Fsp3) is 0.474. The van der Waals surface area contributed by atoms with Crippen molar-refractivity contribution in [1.82, 2.24) is 14.7 Å². The third-order valence-corrected chi connectivity index (χ3v) is 6.66. The molecular formula is C19H27Cl2N5O2S. The molecule has 3 rings (SSSR count). The van der Waals surface area contributed by atoms with Crippen LogP contribution in [0.25, 0.3) is 0 Å². The molecule has 29 heavy (non-hydrogen) atoms. The molecule has 0 radical (unpaired) electrons. The maximum atomic E-state index is 12.5. The second-order valence-electron chi connectivity index (χ2n) is 7.36. The van der Waals surface area contributed by atoms with Crippen LogP contribution in [-0.2, 0) is 10.0 Å². The lowest BCUT2D eigenvalue weighted by molar-refractivity contribution is 0.386. The van der Waals surface area contributed by atoms with Crippen molar-refractivity contribution >= 4 is 45.8 Å². The molecule has 0 amide bonds. The van der Waals surface area contributed by atoms with Gasteiger partial charge in [0.2, 0.25) is 16.0 Å². The van der Waals surface area contributed by atoms with E-state index in [9.17, 15) is 8.42 Å². The quantitative estimate of drug-likeness (QED) is 0.685. The molecule has 0 atom stereocenters. The molecule has 160 valence electrons. The fourth-order valence-corrected chi connectivity index (χ4v) is 4.83. The summed E-state index contributed by atoms with van der Waals surface area (Å²) in [5, 5.41) is 3.90. The zero-order chi connectivity index (χ0) is 20.3. The Hall–Kier alpha value is -1.61. The van der Waals surface area contributed by atoms with Gasteiger partial charge in [0.25, 0.3) is 0 Å². The van der Waals surface area contributed by atoms with E-state index in [2.05, 4.69) is 20.0 Å². The third kappa shape index (κ3) is 6.18. The molecule has 0 spiro atoms. The summed E-state index contributed by atoms with van der Waals surface area (Å²) in [5.41, 5.74) is 1.02. The summed E-state index contributed by atoms with van der Waals surface area (Å²) in [6.45, 7) is 1.98. The van der Waals surface area contributed by atoms with Crippen LogP contribution in [0.2, 0.25) is 5.02 Å². The highest BCUT2D eigenvalue weighted by atomic mass is 35.5. The predicted molar refractivity (Wildman–Crippen MR) is 120 cm³/mol. The first-order valence-corrected chi connectivity index (χ1v) is 11.2. The molecule has 2 N–H and O–H groups in total. The molecule has 0 saturated heterocycles. The molecule has 1 aliphatic rings. The minimum Gasteiger partial charge on any atom is -0.362 e. The van der Waals surface area contributed by atoms with Crippen LogP contribution < -0.4 is 14.9 Å². The fourth-order valence-electron chi connectivity index (χ4n) is 3.39. The number of sulfonamides is 1. The van der Waals surface area contributed by atoms with Crippen LogP contribution in [0.5, 0.6) is 0 Å². The summed E-state index contributed by atoms with van der Waals surface area (Å²) in [7, 11) is 0.379. The lowest BCUT2D eigenvalue weighted by atomic mass is 9.92. The van der Waals surface area contributed by atoms with Crippen molar-refractivity contribution in [3.63, 3.8) is 0 Å². The Bertz CT molecular complexity index is 915. The number of rotatable bonds is 6. The molecular weight excluding hydrogens is 433 g/mol. The van der Waals surface area contributed by atoms with Gasteiger partial charge in [-0.3, -0.25) is 0 Å². The van der Waals surface area contributed by atoms with Gasteiger partial charge in [0, 0.05) is 43.0 Å². The normalized spacial score (nSPS) is 19.3. The molecule has 1 aliphatic carbocycles. The van der Waals surface area contributed by atoms with E-state index >= 15 is 0 Å². The van der Waals surface area contributed by atoms with E-state index in [1.807, 2.05) is 32.1 Å². The number of hydrogen-bond acceptors (Lipinski definition) is 6. The molecule has 1 fully saturated rings. The minimum absolute atomic E-state index is 0. The van der Waals surface area contributed by atoms with E-state index in [-0.39, 0.29) is 29.4 Å². The van der Waals surface area contributed by atoms with Crippen LogP contribution in [0.15, 0.2) is 35.4 Å². The zero-order valence-electron chi connectivity index (χ0n) is 16.7. The van der Waals surface area contributed by atoms with E-state index in [1.165, 1.54) is 12.1 Å². The molecule has 1 aromatic carbocycles. The summed E-state index contributed by atoms with van der Waals surface area (Å²) >= 11 is 5.84. The van der Waals surface area contributed by atoms with E-state index < -0.39 is 10.0 Å². The van der Waals surface area contributed by atoms with Crippen LogP contribution in [0, 0.1) is 6.92 Å².